The molecule has 116 valence electrons. The molecular formula is C15H23N3O2S. The van der Waals surface area contributed by atoms with Gasteiger partial charge in [-0.25, -0.2) is 0 Å². The largest absolute Gasteiger partial charge is 0.342 e. The second kappa shape index (κ2) is 7.56. The SMILES string of the molecule is CC(=O)N1CCCN(CC(=O)N(C)Cc2cccs2)CC1. The summed E-state index contributed by atoms with van der Waals surface area (Å²) in [4.78, 5) is 30.7. The molecule has 1 aromatic rings. The van der Waals surface area contributed by atoms with Crippen LogP contribution in [0.1, 0.15) is 18.2 Å². The fourth-order valence-corrected chi connectivity index (χ4v) is 3.24. The van der Waals surface area contributed by atoms with Gasteiger partial charge >= 0.3 is 0 Å². The van der Waals surface area contributed by atoms with Gasteiger partial charge in [-0.15, -0.1) is 11.3 Å². The van der Waals surface area contributed by atoms with Crippen LogP contribution < -0.4 is 0 Å². The topological polar surface area (TPSA) is 43.9 Å². The molecule has 0 unspecified atom stereocenters. The van der Waals surface area contributed by atoms with Gasteiger partial charge in [0.25, 0.3) is 0 Å². The van der Waals surface area contributed by atoms with Gasteiger partial charge in [-0.05, 0) is 17.9 Å². The van der Waals surface area contributed by atoms with E-state index in [1.807, 2.05) is 29.5 Å². The summed E-state index contributed by atoms with van der Waals surface area (Å²) in [5.41, 5.74) is 0. The Labute approximate surface area is 130 Å². The molecule has 2 amide bonds. The number of amides is 2. The Bertz CT molecular complexity index is 475. The number of carbonyl (C=O) groups is 2. The number of nitrogens with zero attached hydrogens (tertiary/aromatic N) is 3. The third kappa shape index (κ3) is 4.82. The maximum absolute atomic E-state index is 12.3. The van der Waals surface area contributed by atoms with E-state index in [0.29, 0.717) is 13.1 Å². The number of thiophene rings is 1. The maximum Gasteiger partial charge on any atom is 0.236 e. The van der Waals surface area contributed by atoms with Crippen molar-refractivity contribution in [3.05, 3.63) is 22.4 Å². The normalized spacial score (nSPS) is 16.6. The van der Waals surface area contributed by atoms with E-state index in [0.717, 1.165) is 32.6 Å². The van der Waals surface area contributed by atoms with Crippen LogP contribution in [-0.2, 0) is 16.1 Å². The van der Waals surface area contributed by atoms with E-state index in [1.54, 1.807) is 23.2 Å². The zero-order chi connectivity index (χ0) is 15.2. The maximum atomic E-state index is 12.3. The summed E-state index contributed by atoms with van der Waals surface area (Å²) in [5, 5.41) is 2.03. The molecule has 21 heavy (non-hydrogen) atoms. The Hall–Kier alpha value is -1.40. The summed E-state index contributed by atoms with van der Waals surface area (Å²) in [7, 11) is 1.85. The van der Waals surface area contributed by atoms with Crippen molar-refractivity contribution < 1.29 is 9.59 Å². The van der Waals surface area contributed by atoms with E-state index in [2.05, 4.69) is 4.90 Å². The van der Waals surface area contributed by atoms with Crippen molar-refractivity contribution in [2.75, 3.05) is 39.8 Å². The summed E-state index contributed by atoms with van der Waals surface area (Å²) in [6, 6.07) is 4.05. The summed E-state index contributed by atoms with van der Waals surface area (Å²) >= 11 is 1.67. The molecule has 0 bridgehead atoms. The molecule has 1 aliphatic heterocycles. The third-order valence-corrected chi connectivity index (χ3v) is 4.65. The monoisotopic (exact) mass is 309 g/mol. The van der Waals surface area contributed by atoms with Crippen molar-refractivity contribution in [3.63, 3.8) is 0 Å². The molecule has 0 N–H and O–H groups in total. The minimum Gasteiger partial charge on any atom is -0.342 e. The average Bonchev–Trinajstić information content (AvgIpc) is 2.83. The van der Waals surface area contributed by atoms with Crippen molar-refractivity contribution in [3.8, 4) is 0 Å². The van der Waals surface area contributed by atoms with E-state index in [4.69, 9.17) is 0 Å². The number of rotatable bonds is 4. The zero-order valence-electron chi connectivity index (χ0n) is 12.7. The Morgan fingerprint density at radius 1 is 1.29 bits per heavy atom. The lowest BCUT2D eigenvalue weighted by Crippen LogP contribution is -2.40. The van der Waals surface area contributed by atoms with Crippen LogP contribution in [0.5, 0.6) is 0 Å². The van der Waals surface area contributed by atoms with Gasteiger partial charge in [0, 0.05) is 45.0 Å². The van der Waals surface area contributed by atoms with Gasteiger partial charge in [-0.2, -0.15) is 0 Å². The van der Waals surface area contributed by atoms with Crippen LogP contribution >= 0.6 is 11.3 Å². The zero-order valence-corrected chi connectivity index (χ0v) is 13.6. The number of hydrogen-bond donors (Lipinski definition) is 0. The summed E-state index contributed by atoms with van der Waals surface area (Å²) < 4.78 is 0. The van der Waals surface area contributed by atoms with Crippen LogP contribution in [0.15, 0.2) is 17.5 Å². The van der Waals surface area contributed by atoms with E-state index in [1.165, 1.54) is 4.88 Å². The fourth-order valence-electron chi connectivity index (χ4n) is 2.48. The standard InChI is InChI=1S/C15H23N3O2S/c1-13(19)18-7-4-6-17(8-9-18)12-15(20)16(2)11-14-5-3-10-21-14/h3,5,10H,4,6-9,11-12H2,1-2H3. The molecule has 0 aromatic carbocycles. The van der Waals surface area contributed by atoms with Crippen LogP contribution in [0.2, 0.25) is 0 Å². The first-order valence-electron chi connectivity index (χ1n) is 7.30. The molecule has 1 aromatic heterocycles. The lowest BCUT2D eigenvalue weighted by atomic mass is 10.3. The predicted octanol–water partition coefficient (Wildman–Crippen LogP) is 1.26. The van der Waals surface area contributed by atoms with E-state index < -0.39 is 0 Å². The second-order valence-electron chi connectivity index (χ2n) is 5.46. The van der Waals surface area contributed by atoms with Gasteiger partial charge in [0.15, 0.2) is 0 Å². The lowest BCUT2D eigenvalue weighted by molar-refractivity contribution is -0.131. The number of likely N-dealkylation sites (N-methyl/N-ethyl adjacent to an activating group) is 1. The van der Waals surface area contributed by atoms with E-state index >= 15 is 0 Å². The summed E-state index contributed by atoms with van der Waals surface area (Å²) in [6.45, 7) is 5.88. The van der Waals surface area contributed by atoms with Crippen molar-refractivity contribution in [1.82, 2.24) is 14.7 Å². The van der Waals surface area contributed by atoms with Gasteiger partial charge in [-0.3, -0.25) is 14.5 Å². The fraction of sp³-hybridized carbons (Fsp3) is 0.600. The quantitative estimate of drug-likeness (QED) is 0.841. The highest BCUT2D eigenvalue weighted by atomic mass is 32.1. The Morgan fingerprint density at radius 3 is 2.76 bits per heavy atom. The van der Waals surface area contributed by atoms with Gasteiger partial charge in [0.05, 0.1) is 13.1 Å². The van der Waals surface area contributed by atoms with Crippen LogP contribution in [-0.4, -0.2) is 66.3 Å². The van der Waals surface area contributed by atoms with Crippen molar-refractivity contribution in [2.45, 2.75) is 19.9 Å². The van der Waals surface area contributed by atoms with Gasteiger partial charge in [0.1, 0.15) is 0 Å². The van der Waals surface area contributed by atoms with Gasteiger partial charge in [0.2, 0.25) is 11.8 Å². The van der Waals surface area contributed by atoms with Crippen LogP contribution in [0.4, 0.5) is 0 Å². The van der Waals surface area contributed by atoms with Crippen molar-refractivity contribution in [1.29, 1.82) is 0 Å². The molecule has 2 heterocycles. The Kier molecular flexibility index (Phi) is 5.76. The van der Waals surface area contributed by atoms with Gasteiger partial charge in [-0.1, -0.05) is 6.07 Å². The molecule has 2 rings (SSSR count). The van der Waals surface area contributed by atoms with Crippen LogP contribution in [0, 0.1) is 0 Å². The molecule has 0 atom stereocenters. The van der Waals surface area contributed by atoms with Crippen molar-refractivity contribution in [2.24, 2.45) is 0 Å². The van der Waals surface area contributed by atoms with Gasteiger partial charge < -0.3 is 9.80 Å². The molecule has 1 aliphatic rings. The molecule has 0 spiro atoms. The van der Waals surface area contributed by atoms with Crippen LogP contribution in [0.3, 0.4) is 0 Å². The molecular weight excluding hydrogens is 286 g/mol. The summed E-state index contributed by atoms with van der Waals surface area (Å²) in [5.74, 6) is 0.262. The smallest absolute Gasteiger partial charge is 0.236 e. The molecule has 0 saturated carbocycles. The predicted molar refractivity (Wildman–Crippen MR) is 84.1 cm³/mol. The minimum atomic E-state index is 0.123. The highest BCUT2D eigenvalue weighted by molar-refractivity contribution is 7.09. The van der Waals surface area contributed by atoms with E-state index in [-0.39, 0.29) is 11.8 Å². The minimum absolute atomic E-state index is 0.123. The summed E-state index contributed by atoms with van der Waals surface area (Å²) in [6.07, 6.45) is 0.932. The first-order chi connectivity index (χ1) is 10.1. The van der Waals surface area contributed by atoms with Crippen molar-refractivity contribution >= 4 is 23.2 Å². The molecule has 1 fully saturated rings. The molecule has 6 heteroatoms. The molecule has 0 radical (unpaired) electrons. The van der Waals surface area contributed by atoms with E-state index in [9.17, 15) is 9.59 Å². The first-order valence-corrected chi connectivity index (χ1v) is 8.18. The number of carbonyl (C=O) groups excluding carboxylic acids is 2. The number of hydrogen-bond acceptors (Lipinski definition) is 4. The molecule has 1 saturated heterocycles. The second-order valence-corrected chi connectivity index (χ2v) is 6.50. The molecule has 0 aliphatic carbocycles. The highest BCUT2D eigenvalue weighted by Gasteiger charge is 2.19. The Morgan fingerprint density at radius 2 is 2.10 bits per heavy atom. The van der Waals surface area contributed by atoms with Crippen LogP contribution in [0.25, 0.3) is 0 Å². The lowest BCUT2D eigenvalue weighted by Gasteiger charge is -2.23. The third-order valence-electron chi connectivity index (χ3n) is 3.79. The Balaban J connectivity index is 1.80. The first kappa shape index (κ1) is 16.0. The molecule has 5 nitrogen and oxygen atoms in total. The average molecular weight is 309 g/mol. The highest BCUT2D eigenvalue weighted by Crippen LogP contribution is 2.11.